The Balaban J connectivity index is 2.06. The van der Waals surface area contributed by atoms with Gasteiger partial charge in [0.25, 0.3) is 0 Å². The number of hydrogen-bond acceptors (Lipinski definition) is 1. The Morgan fingerprint density at radius 3 is 2.29 bits per heavy atom. The molecule has 3 aromatic heterocycles. The number of halogens is 2. The molecule has 24 heavy (non-hydrogen) atoms. The molecule has 0 unspecified atom stereocenters. The zero-order valence-electron chi connectivity index (χ0n) is 14.0. The summed E-state index contributed by atoms with van der Waals surface area (Å²) in [7, 11) is 2.10. The van der Waals surface area contributed by atoms with Gasteiger partial charge in [-0.15, -0.1) is 0 Å². The lowest BCUT2D eigenvalue weighted by atomic mass is 10.1. The van der Waals surface area contributed by atoms with Gasteiger partial charge in [0, 0.05) is 41.0 Å². The normalized spacial score (nSPS) is 11.8. The van der Waals surface area contributed by atoms with E-state index in [1.807, 2.05) is 28.9 Å². The van der Waals surface area contributed by atoms with Crippen LogP contribution in [0.3, 0.4) is 0 Å². The van der Waals surface area contributed by atoms with Crippen LogP contribution >= 0.6 is 23.2 Å². The summed E-state index contributed by atoms with van der Waals surface area (Å²) in [5.74, 6) is 0. The van der Waals surface area contributed by atoms with Gasteiger partial charge in [-0.1, -0.05) is 29.3 Å². The molecule has 3 heterocycles. The number of hydrogen-bond donors (Lipinski definition) is 0. The highest BCUT2D eigenvalue weighted by Crippen LogP contribution is 2.34. The molecule has 0 amide bonds. The lowest BCUT2D eigenvalue weighted by molar-refractivity contribution is 0.851. The molecule has 1 aromatic carbocycles. The summed E-state index contributed by atoms with van der Waals surface area (Å²) in [6.45, 7) is 6.36. The van der Waals surface area contributed by atoms with Crippen LogP contribution in [0.4, 0.5) is 0 Å². The van der Waals surface area contributed by atoms with Crippen LogP contribution < -0.4 is 0 Å². The van der Waals surface area contributed by atoms with Crippen molar-refractivity contribution in [3.63, 3.8) is 0 Å². The van der Waals surface area contributed by atoms with Crippen molar-refractivity contribution >= 4 is 39.5 Å². The summed E-state index contributed by atoms with van der Waals surface area (Å²) < 4.78 is 4.19. The quantitative estimate of drug-likeness (QED) is 0.426. The summed E-state index contributed by atoms with van der Waals surface area (Å²) in [5, 5.41) is 8.37. The van der Waals surface area contributed by atoms with Gasteiger partial charge in [0.05, 0.1) is 21.3 Å². The van der Waals surface area contributed by atoms with E-state index in [0.29, 0.717) is 10.0 Å². The minimum atomic E-state index is 0.561. The van der Waals surface area contributed by atoms with Crippen LogP contribution in [0.15, 0.2) is 30.5 Å². The third-order valence-electron chi connectivity index (χ3n) is 4.91. The first kappa shape index (κ1) is 15.6. The molecule has 122 valence electrons. The molecular weight excluding hydrogens is 341 g/mol. The number of benzene rings is 1. The van der Waals surface area contributed by atoms with Crippen molar-refractivity contribution in [2.24, 2.45) is 7.05 Å². The van der Waals surface area contributed by atoms with Gasteiger partial charge in [-0.25, -0.2) is 4.52 Å². The standard InChI is InChI=1S/C19H17Cl2N3/c1-10-18-11(2)23(4)12(3)19(18)17-8-14(9-24(17)22-10)13-5-6-15(20)16(21)7-13/h5-9H,1-4H3. The molecule has 3 nitrogen and oxygen atoms in total. The van der Waals surface area contributed by atoms with E-state index in [-0.39, 0.29) is 0 Å². The smallest absolute Gasteiger partial charge is 0.0749 e. The van der Waals surface area contributed by atoms with Gasteiger partial charge >= 0.3 is 0 Å². The Morgan fingerprint density at radius 1 is 0.875 bits per heavy atom. The van der Waals surface area contributed by atoms with Crippen molar-refractivity contribution in [3.8, 4) is 11.1 Å². The molecule has 4 rings (SSSR count). The second-order valence-electron chi connectivity index (χ2n) is 6.25. The number of rotatable bonds is 1. The van der Waals surface area contributed by atoms with Crippen LogP contribution in [0.2, 0.25) is 10.0 Å². The Bertz CT molecular complexity index is 1120. The Kier molecular flexibility index (Phi) is 3.41. The van der Waals surface area contributed by atoms with Gasteiger partial charge < -0.3 is 4.57 Å². The molecule has 0 fully saturated rings. The fraction of sp³-hybridized carbons (Fsp3) is 0.211. The van der Waals surface area contributed by atoms with E-state index in [4.69, 9.17) is 28.3 Å². The molecule has 0 N–H and O–H groups in total. The number of aryl methyl sites for hydroxylation is 3. The summed E-state index contributed by atoms with van der Waals surface area (Å²) in [4.78, 5) is 0. The van der Waals surface area contributed by atoms with Crippen molar-refractivity contribution < 1.29 is 0 Å². The number of aromatic nitrogens is 3. The lowest BCUT2D eigenvalue weighted by Gasteiger charge is -2.01. The highest BCUT2D eigenvalue weighted by Gasteiger charge is 2.17. The third-order valence-corrected chi connectivity index (χ3v) is 5.65. The second kappa shape index (κ2) is 5.27. The van der Waals surface area contributed by atoms with Crippen molar-refractivity contribution in [2.45, 2.75) is 20.8 Å². The Morgan fingerprint density at radius 2 is 1.58 bits per heavy atom. The molecule has 0 spiro atoms. The van der Waals surface area contributed by atoms with Crippen molar-refractivity contribution in [3.05, 3.63) is 57.6 Å². The van der Waals surface area contributed by atoms with Gasteiger partial charge in [-0.2, -0.15) is 5.10 Å². The predicted octanol–water partition coefficient (Wildman–Crippen LogP) is 5.73. The SMILES string of the molecule is Cc1nn2cc(-c3ccc(Cl)c(Cl)c3)cc2c2c(C)n(C)c(C)c12. The van der Waals surface area contributed by atoms with Crippen LogP contribution in [0.25, 0.3) is 27.4 Å². The van der Waals surface area contributed by atoms with Crippen LogP contribution in [0, 0.1) is 20.8 Å². The topological polar surface area (TPSA) is 22.2 Å². The molecule has 0 aliphatic heterocycles. The first-order valence-electron chi connectivity index (χ1n) is 7.78. The van der Waals surface area contributed by atoms with Crippen molar-refractivity contribution in [1.82, 2.24) is 14.2 Å². The minimum absolute atomic E-state index is 0.561. The van der Waals surface area contributed by atoms with E-state index in [1.54, 1.807) is 0 Å². The Labute approximate surface area is 150 Å². The van der Waals surface area contributed by atoms with Gasteiger partial charge in [-0.05, 0) is 44.5 Å². The molecule has 0 saturated carbocycles. The summed E-state index contributed by atoms with van der Waals surface area (Å²) in [6.07, 6.45) is 2.04. The zero-order chi connectivity index (χ0) is 17.2. The Hall–Kier alpha value is -1.97. The summed E-state index contributed by atoms with van der Waals surface area (Å²) in [5.41, 5.74) is 6.75. The van der Waals surface area contributed by atoms with E-state index in [9.17, 15) is 0 Å². The average Bonchev–Trinajstić information content (AvgIpc) is 3.06. The van der Waals surface area contributed by atoms with E-state index in [1.165, 1.54) is 22.2 Å². The molecule has 0 bridgehead atoms. The summed E-state index contributed by atoms with van der Waals surface area (Å²) in [6, 6.07) is 7.87. The number of fused-ring (bicyclic) bond motifs is 3. The maximum Gasteiger partial charge on any atom is 0.0749 e. The van der Waals surface area contributed by atoms with Crippen LogP contribution in [-0.2, 0) is 7.05 Å². The highest BCUT2D eigenvalue weighted by molar-refractivity contribution is 6.42. The molecule has 0 radical (unpaired) electrons. The van der Waals surface area contributed by atoms with E-state index >= 15 is 0 Å². The summed E-state index contributed by atoms with van der Waals surface area (Å²) >= 11 is 12.2. The van der Waals surface area contributed by atoms with Gasteiger partial charge in [0.15, 0.2) is 0 Å². The lowest BCUT2D eigenvalue weighted by Crippen LogP contribution is -1.94. The van der Waals surface area contributed by atoms with Gasteiger partial charge in [-0.3, -0.25) is 0 Å². The van der Waals surface area contributed by atoms with Crippen molar-refractivity contribution in [1.29, 1.82) is 0 Å². The molecule has 0 aliphatic rings. The third kappa shape index (κ3) is 2.08. The fourth-order valence-electron chi connectivity index (χ4n) is 3.47. The molecular formula is C19H17Cl2N3. The van der Waals surface area contributed by atoms with E-state index < -0.39 is 0 Å². The fourth-order valence-corrected chi connectivity index (χ4v) is 3.77. The molecule has 0 aliphatic carbocycles. The monoisotopic (exact) mass is 357 g/mol. The van der Waals surface area contributed by atoms with Crippen LogP contribution in [-0.4, -0.2) is 14.2 Å². The van der Waals surface area contributed by atoms with E-state index in [2.05, 4.69) is 38.5 Å². The largest absolute Gasteiger partial charge is 0.351 e. The van der Waals surface area contributed by atoms with Crippen LogP contribution in [0.1, 0.15) is 17.1 Å². The molecule has 0 saturated heterocycles. The van der Waals surface area contributed by atoms with Crippen molar-refractivity contribution in [2.75, 3.05) is 0 Å². The maximum atomic E-state index is 6.17. The minimum Gasteiger partial charge on any atom is -0.351 e. The molecule has 5 heteroatoms. The average molecular weight is 358 g/mol. The number of nitrogens with zero attached hydrogens (tertiary/aromatic N) is 3. The predicted molar refractivity (Wildman–Crippen MR) is 101 cm³/mol. The first-order valence-corrected chi connectivity index (χ1v) is 8.54. The van der Waals surface area contributed by atoms with E-state index in [0.717, 1.165) is 22.3 Å². The van der Waals surface area contributed by atoms with Gasteiger partial charge in [0.1, 0.15) is 0 Å². The molecule has 4 aromatic rings. The second-order valence-corrected chi connectivity index (χ2v) is 7.07. The van der Waals surface area contributed by atoms with Crippen LogP contribution in [0.5, 0.6) is 0 Å². The maximum absolute atomic E-state index is 6.17. The zero-order valence-corrected chi connectivity index (χ0v) is 15.5. The molecule has 0 atom stereocenters. The first-order chi connectivity index (χ1) is 11.4. The van der Waals surface area contributed by atoms with Gasteiger partial charge in [0.2, 0.25) is 0 Å². The highest BCUT2D eigenvalue weighted by atomic mass is 35.5.